The summed E-state index contributed by atoms with van der Waals surface area (Å²) in [4.78, 5) is 25.8. The van der Waals surface area contributed by atoms with Crippen LogP contribution in [0.1, 0.15) is 29.0 Å². The summed E-state index contributed by atoms with van der Waals surface area (Å²) in [7, 11) is 0. The van der Waals surface area contributed by atoms with Crippen LogP contribution in [0.5, 0.6) is 0 Å². The monoisotopic (exact) mass is 418 g/mol. The van der Waals surface area contributed by atoms with Crippen molar-refractivity contribution < 1.29 is 9.53 Å². The molecule has 0 spiro atoms. The third kappa shape index (κ3) is 4.24. The Labute approximate surface area is 179 Å². The second kappa shape index (κ2) is 8.89. The number of fused-ring (bicyclic) bond motifs is 3. The molecule has 2 aromatic carbocycles. The number of aromatic amines is 1. The van der Waals surface area contributed by atoms with Crippen molar-refractivity contribution in [2.45, 2.75) is 12.3 Å². The maximum Gasteiger partial charge on any atom is 0.407 e. The quantitative estimate of drug-likeness (QED) is 0.490. The van der Waals surface area contributed by atoms with Crippen LogP contribution >= 0.6 is 11.6 Å². The Bertz CT molecular complexity index is 1160. The third-order valence-corrected chi connectivity index (χ3v) is 5.23. The van der Waals surface area contributed by atoms with Gasteiger partial charge in [0.25, 0.3) is 5.56 Å². The van der Waals surface area contributed by atoms with Crippen molar-refractivity contribution in [1.29, 1.82) is 0 Å². The summed E-state index contributed by atoms with van der Waals surface area (Å²) in [5, 5.41) is 2.81. The van der Waals surface area contributed by atoms with Gasteiger partial charge in [0.2, 0.25) is 0 Å². The minimum absolute atomic E-state index is 0.0351. The molecule has 0 atom stereocenters. The summed E-state index contributed by atoms with van der Waals surface area (Å²) in [6.45, 7) is 0.641. The fourth-order valence-corrected chi connectivity index (χ4v) is 3.74. The summed E-state index contributed by atoms with van der Waals surface area (Å²) in [5.41, 5.74) is 5.01. The summed E-state index contributed by atoms with van der Waals surface area (Å²) >= 11 is 5.76. The molecule has 3 aromatic rings. The first-order valence-electron chi connectivity index (χ1n) is 9.59. The van der Waals surface area contributed by atoms with Crippen molar-refractivity contribution >= 4 is 17.7 Å². The van der Waals surface area contributed by atoms with Gasteiger partial charge in [-0.15, -0.1) is 0 Å². The van der Waals surface area contributed by atoms with Gasteiger partial charge in [-0.3, -0.25) is 4.79 Å². The molecule has 0 radical (unpaired) electrons. The molecule has 0 bridgehead atoms. The zero-order valence-corrected chi connectivity index (χ0v) is 16.8. The van der Waals surface area contributed by atoms with Crippen molar-refractivity contribution in [2.75, 3.05) is 13.2 Å². The average Bonchev–Trinajstić information content (AvgIpc) is 3.08. The molecule has 1 aliphatic carbocycles. The summed E-state index contributed by atoms with van der Waals surface area (Å²) in [6.07, 6.45) is 1.48. The Balaban J connectivity index is 1.29. The van der Waals surface area contributed by atoms with Crippen molar-refractivity contribution in [3.05, 3.63) is 92.9 Å². The topological polar surface area (TPSA) is 71.2 Å². The lowest BCUT2D eigenvalue weighted by atomic mass is 9.98. The molecule has 1 aromatic heterocycles. The first-order valence-corrected chi connectivity index (χ1v) is 9.97. The molecular weight excluding hydrogens is 400 g/mol. The van der Waals surface area contributed by atoms with Gasteiger partial charge in [-0.05, 0) is 28.3 Å². The maximum atomic E-state index is 12.1. The molecule has 0 aliphatic heterocycles. The van der Waals surface area contributed by atoms with Crippen LogP contribution in [0, 0.1) is 11.8 Å². The van der Waals surface area contributed by atoms with E-state index in [9.17, 15) is 9.59 Å². The standard InChI is InChI=1S/C24H19ClN2O3/c25-22-13-16(14-27-23(22)28)7-5-6-12-26-24(29)30-15-21-19-10-3-1-8-17(19)18-9-2-4-11-20(18)21/h1-4,8-11,13-14,21H,6,12,15H2,(H,26,29)(H,27,28). The summed E-state index contributed by atoms with van der Waals surface area (Å²) in [5.74, 6) is 5.85. The fourth-order valence-electron chi connectivity index (χ4n) is 3.57. The SMILES string of the molecule is O=C(NCCC#Cc1c[nH]c(=O)c(Cl)c1)OCC1c2ccccc2-c2ccccc21. The molecule has 0 saturated heterocycles. The van der Waals surface area contributed by atoms with Gasteiger partial charge < -0.3 is 15.0 Å². The van der Waals surface area contributed by atoms with Gasteiger partial charge >= 0.3 is 6.09 Å². The number of amides is 1. The minimum atomic E-state index is -0.467. The first kappa shape index (κ1) is 19.8. The summed E-state index contributed by atoms with van der Waals surface area (Å²) < 4.78 is 5.48. The van der Waals surface area contributed by atoms with Crippen LogP contribution in [0.15, 0.2) is 65.6 Å². The van der Waals surface area contributed by atoms with Crippen LogP contribution in [-0.4, -0.2) is 24.2 Å². The molecule has 150 valence electrons. The molecule has 5 nitrogen and oxygen atoms in total. The van der Waals surface area contributed by atoms with E-state index < -0.39 is 6.09 Å². The van der Waals surface area contributed by atoms with Gasteiger partial charge in [0, 0.05) is 30.6 Å². The second-order valence-electron chi connectivity index (χ2n) is 6.87. The molecule has 6 heteroatoms. The molecule has 0 saturated carbocycles. The third-order valence-electron chi connectivity index (χ3n) is 4.95. The predicted molar refractivity (Wildman–Crippen MR) is 117 cm³/mol. The van der Waals surface area contributed by atoms with E-state index in [1.807, 2.05) is 24.3 Å². The number of carbonyl (C=O) groups excluding carboxylic acids is 1. The number of ether oxygens (including phenoxy) is 1. The zero-order valence-electron chi connectivity index (χ0n) is 16.1. The number of hydrogen-bond acceptors (Lipinski definition) is 3. The van der Waals surface area contributed by atoms with Gasteiger partial charge in [0.15, 0.2) is 0 Å². The number of H-pyrrole nitrogens is 1. The van der Waals surface area contributed by atoms with E-state index >= 15 is 0 Å². The first-order chi connectivity index (χ1) is 14.6. The van der Waals surface area contributed by atoms with Gasteiger partial charge in [-0.2, -0.15) is 0 Å². The molecule has 4 rings (SSSR count). The Morgan fingerprint density at radius 3 is 2.43 bits per heavy atom. The van der Waals surface area contributed by atoms with Crippen LogP contribution in [0.2, 0.25) is 5.02 Å². The number of pyridine rings is 1. The van der Waals surface area contributed by atoms with Crippen LogP contribution in [0.25, 0.3) is 11.1 Å². The number of nitrogens with one attached hydrogen (secondary N) is 2. The van der Waals surface area contributed by atoms with Crippen molar-refractivity contribution in [1.82, 2.24) is 10.3 Å². The van der Waals surface area contributed by atoms with Gasteiger partial charge in [-0.25, -0.2) is 4.79 Å². The average molecular weight is 419 g/mol. The van der Waals surface area contributed by atoms with Gasteiger partial charge in [0.05, 0.1) is 0 Å². The largest absolute Gasteiger partial charge is 0.449 e. The van der Waals surface area contributed by atoms with Gasteiger partial charge in [0.1, 0.15) is 11.6 Å². The fraction of sp³-hybridized carbons (Fsp3) is 0.167. The Morgan fingerprint density at radius 1 is 1.10 bits per heavy atom. The number of halogens is 1. The lowest BCUT2D eigenvalue weighted by Crippen LogP contribution is -2.26. The van der Waals surface area contributed by atoms with E-state index in [0.717, 1.165) is 0 Å². The Hall–Kier alpha value is -3.49. The van der Waals surface area contributed by atoms with Crippen LogP contribution in [0.3, 0.4) is 0 Å². The molecule has 0 fully saturated rings. The normalized spacial score (nSPS) is 11.8. The predicted octanol–water partition coefficient (Wildman–Crippen LogP) is 4.31. The molecular formula is C24H19ClN2O3. The number of benzene rings is 2. The molecule has 2 N–H and O–H groups in total. The maximum absolute atomic E-state index is 12.1. The smallest absolute Gasteiger partial charge is 0.407 e. The number of hydrogen-bond donors (Lipinski definition) is 2. The van der Waals surface area contributed by atoms with Crippen LogP contribution in [-0.2, 0) is 4.74 Å². The lowest BCUT2D eigenvalue weighted by Gasteiger charge is -2.14. The molecule has 0 unspecified atom stereocenters. The highest BCUT2D eigenvalue weighted by Crippen LogP contribution is 2.44. The second-order valence-corrected chi connectivity index (χ2v) is 7.28. The number of aromatic nitrogens is 1. The summed E-state index contributed by atoms with van der Waals surface area (Å²) in [6, 6.07) is 17.9. The Kier molecular flexibility index (Phi) is 5.87. The molecule has 1 heterocycles. The molecule has 30 heavy (non-hydrogen) atoms. The highest BCUT2D eigenvalue weighted by Gasteiger charge is 2.28. The number of alkyl carbamates (subject to hydrolysis) is 1. The minimum Gasteiger partial charge on any atom is -0.449 e. The Morgan fingerprint density at radius 2 is 1.77 bits per heavy atom. The van der Waals surface area contributed by atoms with E-state index in [1.165, 1.54) is 34.5 Å². The van der Waals surface area contributed by atoms with E-state index in [0.29, 0.717) is 18.5 Å². The van der Waals surface area contributed by atoms with E-state index in [4.69, 9.17) is 16.3 Å². The molecule has 1 amide bonds. The van der Waals surface area contributed by atoms with Crippen LogP contribution < -0.4 is 10.9 Å². The van der Waals surface area contributed by atoms with Crippen LogP contribution in [0.4, 0.5) is 4.79 Å². The zero-order chi connectivity index (χ0) is 20.9. The van der Waals surface area contributed by atoms with Crippen molar-refractivity contribution in [2.24, 2.45) is 0 Å². The van der Waals surface area contributed by atoms with Crippen molar-refractivity contribution in [3.8, 4) is 23.0 Å². The number of rotatable bonds is 4. The van der Waals surface area contributed by atoms with Gasteiger partial charge in [-0.1, -0.05) is 72.0 Å². The highest BCUT2D eigenvalue weighted by atomic mass is 35.5. The number of carbonyl (C=O) groups is 1. The highest BCUT2D eigenvalue weighted by molar-refractivity contribution is 6.30. The van der Waals surface area contributed by atoms with Crippen molar-refractivity contribution in [3.63, 3.8) is 0 Å². The van der Waals surface area contributed by atoms with E-state index in [1.54, 1.807) is 0 Å². The lowest BCUT2D eigenvalue weighted by molar-refractivity contribution is 0.143. The van der Waals surface area contributed by atoms with E-state index in [-0.39, 0.29) is 23.1 Å². The molecule has 1 aliphatic rings. The van der Waals surface area contributed by atoms with E-state index in [2.05, 4.69) is 46.4 Å².